The fraction of sp³-hybridized carbons (Fsp3) is 0.867. The third-order valence-electron chi connectivity index (χ3n) is 5.11. The molecule has 0 bridgehead atoms. The third-order valence-corrected chi connectivity index (χ3v) is 5.39. The van der Waals surface area contributed by atoms with Crippen molar-refractivity contribution in [1.82, 2.24) is 19.7 Å². The number of aromatic amines is 1. The smallest absolute Gasteiger partial charge is 0.225 e. The minimum absolute atomic E-state index is 0.541. The summed E-state index contributed by atoms with van der Waals surface area (Å²) in [6.07, 6.45) is 7.72. The zero-order valence-electron chi connectivity index (χ0n) is 13.2. The zero-order valence-corrected chi connectivity index (χ0v) is 14.0. The van der Waals surface area contributed by atoms with Gasteiger partial charge in [-0.1, -0.05) is 19.8 Å². The van der Waals surface area contributed by atoms with Crippen LogP contribution >= 0.6 is 12.2 Å². The minimum atomic E-state index is 0.541. The van der Waals surface area contributed by atoms with Crippen LogP contribution in [-0.2, 0) is 0 Å². The molecule has 0 spiro atoms. The Balaban J connectivity index is 1.75. The molecule has 1 unspecified atom stereocenters. The van der Waals surface area contributed by atoms with Crippen LogP contribution in [-0.4, -0.2) is 52.4 Å². The topological polar surface area (TPSA) is 40.1 Å². The summed E-state index contributed by atoms with van der Waals surface area (Å²) < 4.78 is 3.04. The summed E-state index contributed by atoms with van der Waals surface area (Å²) >= 11 is 5.47. The van der Waals surface area contributed by atoms with Gasteiger partial charge in [0.1, 0.15) is 0 Å². The number of rotatable bonds is 5. The molecule has 1 atom stereocenters. The molecular formula is C15H27N5S. The largest absolute Gasteiger partial charge is 0.342 e. The highest BCUT2D eigenvalue weighted by Crippen LogP contribution is 2.32. The molecule has 0 amide bonds. The summed E-state index contributed by atoms with van der Waals surface area (Å²) in [6, 6.07) is 1.20. The van der Waals surface area contributed by atoms with Crippen LogP contribution in [0.4, 0.5) is 5.95 Å². The summed E-state index contributed by atoms with van der Waals surface area (Å²) in [5, 5.41) is 7.51. The van der Waals surface area contributed by atoms with Crippen LogP contribution in [0.2, 0.25) is 0 Å². The molecule has 3 rings (SSSR count). The van der Waals surface area contributed by atoms with Crippen molar-refractivity contribution in [2.75, 3.05) is 31.6 Å². The van der Waals surface area contributed by atoms with Gasteiger partial charge in [-0.25, -0.2) is 5.10 Å². The molecular weight excluding hydrogens is 282 g/mol. The van der Waals surface area contributed by atoms with E-state index < -0.39 is 0 Å². The van der Waals surface area contributed by atoms with E-state index >= 15 is 0 Å². The van der Waals surface area contributed by atoms with Crippen molar-refractivity contribution < 1.29 is 0 Å². The number of likely N-dealkylation sites (N-methyl/N-ethyl adjacent to an activating group) is 2. The van der Waals surface area contributed by atoms with Crippen LogP contribution in [0, 0.1) is 4.77 Å². The summed E-state index contributed by atoms with van der Waals surface area (Å²) in [5.74, 6) is 1.02. The molecule has 1 saturated heterocycles. The van der Waals surface area contributed by atoms with E-state index in [-0.39, 0.29) is 0 Å². The number of nitrogens with one attached hydrogen (secondary N) is 1. The van der Waals surface area contributed by atoms with Crippen molar-refractivity contribution in [3.8, 4) is 0 Å². The number of hydrogen-bond donors (Lipinski definition) is 1. The first-order valence-corrected chi connectivity index (χ1v) is 8.73. The first-order valence-electron chi connectivity index (χ1n) is 8.32. The Labute approximate surface area is 132 Å². The lowest BCUT2D eigenvalue weighted by Gasteiger charge is -2.29. The Kier molecular flexibility index (Phi) is 4.64. The average molecular weight is 309 g/mol. The predicted molar refractivity (Wildman–Crippen MR) is 88.5 cm³/mol. The van der Waals surface area contributed by atoms with Gasteiger partial charge in [0.15, 0.2) is 4.77 Å². The van der Waals surface area contributed by atoms with Crippen LogP contribution in [0.5, 0.6) is 0 Å². The van der Waals surface area contributed by atoms with Crippen LogP contribution in [0.15, 0.2) is 0 Å². The molecule has 1 saturated carbocycles. The number of nitrogens with zero attached hydrogens (tertiary/aromatic N) is 4. The number of aromatic nitrogens is 3. The van der Waals surface area contributed by atoms with Gasteiger partial charge >= 0.3 is 0 Å². The van der Waals surface area contributed by atoms with E-state index in [0.29, 0.717) is 12.1 Å². The van der Waals surface area contributed by atoms with Crippen molar-refractivity contribution in [2.45, 2.75) is 57.5 Å². The summed E-state index contributed by atoms with van der Waals surface area (Å²) in [6.45, 7) is 5.69. The van der Waals surface area contributed by atoms with Crippen LogP contribution < -0.4 is 4.90 Å². The highest BCUT2D eigenvalue weighted by atomic mass is 32.1. The summed E-state index contributed by atoms with van der Waals surface area (Å²) in [7, 11) is 2.16. The lowest BCUT2D eigenvalue weighted by atomic mass is 10.2. The van der Waals surface area contributed by atoms with Gasteiger partial charge in [-0.2, -0.15) is 0 Å². The van der Waals surface area contributed by atoms with Gasteiger partial charge in [0.05, 0.1) is 0 Å². The van der Waals surface area contributed by atoms with Gasteiger partial charge in [-0.05, 0) is 51.0 Å². The normalized spacial score (nSPS) is 24.0. The fourth-order valence-corrected chi connectivity index (χ4v) is 4.25. The maximum absolute atomic E-state index is 5.47. The van der Waals surface area contributed by atoms with Gasteiger partial charge < -0.3 is 4.90 Å². The van der Waals surface area contributed by atoms with Crippen LogP contribution in [0.3, 0.4) is 0 Å². The number of likely N-dealkylation sites (tertiary alicyclic amines) is 1. The van der Waals surface area contributed by atoms with Crippen molar-refractivity contribution in [3.63, 3.8) is 0 Å². The van der Waals surface area contributed by atoms with E-state index in [2.05, 4.69) is 38.5 Å². The molecule has 6 heteroatoms. The van der Waals surface area contributed by atoms with Crippen molar-refractivity contribution in [3.05, 3.63) is 4.77 Å². The Bertz CT molecular complexity index is 516. The Morgan fingerprint density at radius 1 is 1.29 bits per heavy atom. The molecule has 2 aliphatic rings. The molecule has 2 fully saturated rings. The fourth-order valence-electron chi connectivity index (χ4n) is 3.97. The molecule has 1 aromatic heterocycles. The number of anilines is 1. The maximum atomic E-state index is 5.47. The lowest BCUT2D eigenvalue weighted by molar-refractivity contribution is 0.269. The second-order valence-electron chi connectivity index (χ2n) is 6.44. The van der Waals surface area contributed by atoms with Crippen molar-refractivity contribution in [2.24, 2.45) is 0 Å². The third kappa shape index (κ3) is 3.01. The van der Waals surface area contributed by atoms with Crippen molar-refractivity contribution in [1.29, 1.82) is 0 Å². The first kappa shape index (κ1) is 15.0. The van der Waals surface area contributed by atoms with E-state index in [1.54, 1.807) is 0 Å². The molecule has 118 valence electrons. The quantitative estimate of drug-likeness (QED) is 0.849. The molecule has 2 heterocycles. The van der Waals surface area contributed by atoms with E-state index in [1.165, 1.54) is 45.1 Å². The molecule has 1 N–H and O–H groups in total. The molecule has 21 heavy (non-hydrogen) atoms. The summed E-state index contributed by atoms with van der Waals surface area (Å²) in [4.78, 5) is 4.88. The SMILES string of the molecule is CCN1CCCC1CN(C)c1n[nH]c(=S)n1C1CCCC1. The molecule has 0 radical (unpaired) electrons. The molecule has 0 aromatic carbocycles. The molecule has 1 aromatic rings. The van der Waals surface area contributed by atoms with Gasteiger partial charge in [-0.15, -0.1) is 5.10 Å². The summed E-state index contributed by atoms with van der Waals surface area (Å²) in [5.41, 5.74) is 0. The molecule has 5 nitrogen and oxygen atoms in total. The maximum Gasteiger partial charge on any atom is 0.225 e. The Morgan fingerprint density at radius 3 is 2.76 bits per heavy atom. The predicted octanol–water partition coefficient (Wildman–Crippen LogP) is 2.98. The van der Waals surface area contributed by atoms with E-state index in [9.17, 15) is 0 Å². The van der Waals surface area contributed by atoms with Crippen LogP contribution in [0.25, 0.3) is 0 Å². The minimum Gasteiger partial charge on any atom is -0.342 e. The first-order chi connectivity index (χ1) is 10.2. The molecule has 1 aliphatic carbocycles. The van der Waals surface area contributed by atoms with E-state index in [0.717, 1.165) is 23.8 Å². The highest BCUT2D eigenvalue weighted by molar-refractivity contribution is 7.71. The number of H-pyrrole nitrogens is 1. The number of hydrogen-bond acceptors (Lipinski definition) is 4. The van der Waals surface area contributed by atoms with Gasteiger partial charge in [0.2, 0.25) is 5.95 Å². The molecule has 1 aliphatic heterocycles. The van der Waals surface area contributed by atoms with Gasteiger partial charge in [0, 0.05) is 25.7 Å². The lowest BCUT2D eigenvalue weighted by Crippen LogP contribution is -2.39. The Morgan fingerprint density at radius 2 is 2.05 bits per heavy atom. The van der Waals surface area contributed by atoms with E-state index in [4.69, 9.17) is 12.2 Å². The van der Waals surface area contributed by atoms with Crippen molar-refractivity contribution >= 4 is 18.2 Å². The Hall–Kier alpha value is -0.880. The standard InChI is InChI=1S/C15H27N5S/c1-3-19-10-6-9-13(19)11-18(2)14-16-17-15(21)20(14)12-7-4-5-8-12/h12-13H,3-11H2,1-2H3,(H,17,21). The average Bonchev–Trinajstić information content (AvgIpc) is 3.17. The van der Waals surface area contributed by atoms with Crippen LogP contribution in [0.1, 0.15) is 51.5 Å². The van der Waals surface area contributed by atoms with Gasteiger partial charge in [0.25, 0.3) is 0 Å². The monoisotopic (exact) mass is 309 g/mol. The highest BCUT2D eigenvalue weighted by Gasteiger charge is 2.27. The van der Waals surface area contributed by atoms with E-state index in [1.807, 2.05) is 0 Å². The zero-order chi connectivity index (χ0) is 14.8. The second kappa shape index (κ2) is 6.48. The second-order valence-corrected chi connectivity index (χ2v) is 6.83. The van der Waals surface area contributed by atoms with Gasteiger partial charge in [-0.3, -0.25) is 9.47 Å².